The molecule has 1 heterocycles. The van der Waals surface area contributed by atoms with Crippen LogP contribution in [0.4, 0.5) is 0 Å². The van der Waals surface area contributed by atoms with Crippen LogP contribution in [-0.4, -0.2) is 23.8 Å². The molecule has 0 spiro atoms. The van der Waals surface area contributed by atoms with Crippen molar-refractivity contribution < 1.29 is 9.47 Å². The van der Waals surface area contributed by atoms with E-state index in [0.29, 0.717) is 6.54 Å². The lowest BCUT2D eigenvalue weighted by molar-refractivity contribution is 0.407. The fourth-order valence-corrected chi connectivity index (χ4v) is 3.15. The molecular formula is C21H27N3O2. The molecule has 0 saturated carbocycles. The largest absolute Gasteiger partial charge is 0.497 e. The van der Waals surface area contributed by atoms with Gasteiger partial charge in [0.05, 0.1) is 31.8 Å². The van der Waals surface area contributed by atoms with Crippen LogP contribution in [0.25, 0.3) is 11.0 Å². The number of fused-ring (bicyclic) bond motifs is 1. The number of rotatable bonds is 9. The van der Waals surface area contributed by atoms with E-state index in [1.54, 1.807) is 14.2 Å². The predicted octanol–water partition coefficient (Wildman–Crippen LogP) is 4.14. The Morgan fingerprint density at radius 3 is 2.65 bits per heavy atom. The van der Waals surface area contributed by atoms with Gasteiger partial charge < -0.3 is 19.4 Å². The van der Waals surface area contributed by atoms with E-state index in [-0.39, 0.29) is 0 Å². The number of imidazole rings is 1. The Kier molecular flexibility index (Phi) is 6.12. The molecule has 0 unspecified atom stereocenters. The van der Waals surface area contributed by atoms with Gasteiger partial charge in [0.15, 0.2) is 0 Å². The summed E-state index contributed by atoms with van der Waals surface area (Å²) >= 11 is 0. The summed E-state index contributed by atoms with van der Waals surface area (Å²) in [7, 11) is 3.39. The molecule has 2 aromatic carbocycles. The fourth-order valence-electron chi connectivity index (χ4n) is 3.15. The molecule has 0 amide bonds. The highest BCUT2D eigenvalue weighted by Crippen LogP contribution is 2.23. The van der Waals surface area contributed by atoms with Gasteiger partial charge in [0.2, 0.25) is 0 Å². The molecule has 3 rings (SSSR count). The number of ether oxygens (including phenoxy) is 2. The van der Waals surface area contributed by atoms with Crippen LogP contribution in [0.15, 0.2) is 42.5 Å². The molecule has 0 radical (unpaired) electrons. The minimum atomic E-state index is 0.707. The van der Waals surface area contributed by atoms with Crippen molar-refractivity contribution >= 4 is 11.0 Å². The third-order valence-corrected chi connectivity index (χ3v) is 4.56. The van der Waals surface area contributed by atoms with Crippen LogP contribution < -0.4 is 14.8 Å². The average molecular weight is 353 g/mol. The highest BCUT2D eigenvalue weighted by atomic mass is 16.5. The molecule has 0 aliphatic carbocycles. The average Bonchev–Trinajstić information content (AvgIpc) is 3.03. The second-order valence-electron chi connectivity index (χ2n) is 6.30. The highest BCUT2D eigenvalue weighted by Gasteiger charge is 2.11. The number of para-hydroxylation sites is 1. The summed E-state index contributed by atoms with van der Waals surface area (Å²) in [5, 5.41) is 3.50. The van der Waals surface area contributed by atoms with E-state index < -0.39 is 0 Å². The van der Waals surface area contributed by atoms with Gasteiger partial charge in [-0.15, -0.1) is 0 Å². The molecular weight excluding hydrogens is 326 g/mol. The number of nitrogens with one attached hydrogen (secondary N) is 1. The van der Waals surface area contributed by atoms with E-state index in [2.05, 4.69) is 28.9 Å². The van der Waals surface area contributed by atoms with Crippen LogP contribution in [0.2, 0.25) is 0 Å². The van der Waals surface area contributed by atoms with E-state index in [4.69, 9.17) is 14.5 Å². The first-order chi connectivity index (χ1) is 12.8. The zero-order valence-corrected chi connectivity index (χ0v) is 15.8. The molecule has 26 heavy (non-hydrogen) atoms. The summed E-state index contributed by atoms with van der Waals surface area (Å²) in [5.74, 6) is 2.80. The maximum absolute atomic E-state index is 5.42. The van der Waals surface area contributed by atoms with E-state index in [1.807, 2.05) is 30.3 Å². The molecule has 1 N–H and O–H groups in total. The summed E-state index contributed by atoms with van der Waals surface area (Å²) in [6, 6.07) is 14.2. The van der Waals surface area contributed by atoms with Crippen molar-refractivity contribution in [3.8, 4) is 11.5 Å². The van der Waals surface area contributed by atoms with Gasteiger partial charge in [0.1, 0.15) is 17.3 Å². The summed E-state index contributed by atoms with van der Waals surface area (Å²) < 4.78 is 13.1. The highest BCUT2D eigenvalue weighted by molar-refractivity contribution is 5.77. The zero-order chi connectivity index (χ0) is 18.4. The van der Waals surface area contributed by atoms with E-state index in [1.165, 1.54) is 0 Å². The van der Waals surface area contributed by atoms with E-state index >= 15 is 0 Å². The summed E-state index contributed by atoms with van der Waals surface area (Å²) in [6.45, 7) is 4.63. The number of benzene rings is 2. The molecule has 1 aromatic heterocycles. The number of aryl methyl sites for hydroxylation is 1. The summed E-state index contributed by atoms with van der Waals surface area (Å²) in [4.78, 5) is 4.84. The molecule has 0 aliphatic heterocycles. The Bertz CT molecular complexity index is 858. The molecule has 0 atom stereocenters. The van der Waals surface area contributed by atoms with Crippen LogP contribution in [0.1, 0.15) is 31.2 Å². The smallest absolute Gasteiger partial charge is 0.123 e. The van der Waals surface area contributed by atoms with Crippen LogP contribution >= 0.6 is 0 Å². The van der Waals surface area contributed by atoms with Gasteiger partial charge in [-0.3, -0.25) is 0 Å². The Morgan fingerprint density at radius 1 is 1.04 bits per heavy atom. The van der Waals surface area contributed by atoms with Crippen LogP contribution in [0, 0.1) is 0 Å². The minimum absolute atomic E-state index is 0.707. The number of methoxy groups -OCH3 is 2. The lowest BCUT2D eigenvalue weighted by Gasteiger charge is -2.11. The fraction of sp³-hybridized carbons (Fsp3) is 0.381. The first-order valence-electron chi connectivity index (χ1n) is 9.12. The molecule has 0 aliphatic rings. The predicted molar refractivity (Wildman–Crippen MR) is 105 cm³/mol. The first-order valence-corrected chi connectivity index (χ1v) is 9.12. The summed E-state index contributed by atoms with van der Waals surface area (Å²) in [6.07, 6.45) is 2.29. The molecule has 3 aromatic rings. The molecule has 5 nitrogen and oxygen atoms in total. The van der Waals surface area contributed by atoms with Gasteiger partial charge in [-0.05, 0) is 24.6 Å². The Labute approximate surface area is 155 Å². The molecule has 0 fully saturated rings. The van der Waals surface area contributed by atoms with Crippen LogP contribution in [0.5, 0.6) is 11.5 Å². The Balaban J connectivity index is 1.79. The van der Waals surface area contributed by atoms with Crippen molar-refractivity contribution in [1.29, 1.82) is 0 Å². The zero-order valence-electron chi connectivity index (χ0n) is 15.8. The second kappa shape index (κ2) is 8.72. The standard InChI is InChI=1S/C21H27N3O2/c1-4-5-12-24-19-11-10-17(25-2)13-18(19)23-21(24)15-22-14-16-8-6-7-9-20(16)26-3/h6-11,13,22H,4-5,12,14-15H2,1-3H3. The minimum Gasteiger partial charge on any atom is -0.497 e. The third-order valence-electron chi connectivity index (χ3n) is 4.56. The monoisotopic (exact) mass is 353 g/mol. The van der Waals surface area contributed by atoms with Crippen molar-refractivity contribution in [2.24, 2.45) is 0 Å². The number of hydrogen-bond acceptors (Lipinski definition) is 4. The first kappa shape index (κ1) is 18.3. The maximum Gasteiger partial charge on any atom is 0.123 e. The van der Waals surface area contributed by atoms with Crippen molar-refractivity contribution in [2.45, 2.75) is 39.4 Å². The summed E-state index contributed by atoms with van der Waals surface area (Å²) in [5.41, 5.74) is 3.29. The van der Waals surface area contributed by atoms with Gasteiger partial charge >= 0.3 is 0 Å². The van der Waals surface area contributed by atoms with Gasteiger partial charge in [0, 0.05) is 24.7 Å². The second-order valence-corrected chi connectivity index (χ2v) is 6.30. The van der Waals surface area contributed by atoms with Crippen molar-refractivity contribution in [1.82, 2.24) is 14.9 Å². The van der Waals surface area contributed by atoms with E-state index in [9.17, 15) is 0 Å². The SMILES string of the molecule is CCCCn1c(CNCc2ccccc2OC)nc2cc(OC)ccc21. The Morgan fingerprint density at radius 2 is 1.88 bits per heavy atom. The molecule has 0 bridgehead atoms. The number of nitrogens with zero attached hydrogens (tertiary/aromatic N) is 2. The normalized spacial score (nSPS) is 11.0. The van der Waals surface area contributed by atoms with Crippen LogP contribution in [0.3, 0.4) is 0 Å². The lowest BCUT2D eigenvalue weighted by atomic mass is 10.2. The van der Waals surface area contributed by atoms with Crippen LogP contribution in [-0.2, 0) is 19.6 Å². The van der Waals surface area contributed by atoms with Crippen molar-refractivity contribution in [3.05, 3.63) is 53.9 Å². The van der Waals surface area contributed by atoms with Gasteiger partial charge in [-0.2, -0.15) is 0 Å². The number of unbranched alkanes of at least 4 members (excludes halogenated alkanes) is 1. The molecule has 0 saturated heterocycles. The van der Waals surface area contributed by atoms with E-state index in [0.717, 1.165) is 59.9 Å². The Hall–Kier alpha value is -2.53. The third kappa shape index (κ3) is 3.99. The van der Waals surface area contributed by atoms with Gasteiger partial charge in [0.25, 0.3) is 0 Å². The van der Waals surface area contributed by atoms with Gasteiger partial charge in [-0.25, -0.2) is 4.98 Å². The maximum atomic E-state index is 5.42. The van der Waals surface area contributed by atoms with Crippen molar-refractivity contribution in [2.75, 3.05) is 14.2 Å². The number of hydrogen-bond donors (Lipinski definition) is 1. The topological polar surface area (TPSA) is 48.3 Å². The molecule has 5 heteroatoms. The lowest BCUT2D eigenvalue weighted by Crippen LogP contribution is -2.17. The molecule has 138 valence electrons. The quantitative estimate of drug-likeness (QED) is 0.628. The van der Waals surface area contributed by atoms with Crippen molar-refractivity contribution in [3.63, 3.8) is 0 Å². The number of aromatic nitrogens is 2. The van der Waals surface area contributed by atoms with Gasteiger partial charge in [-0.1, -0.05) is 31.5 Å².